The zero-order chi connectivity index (χ0) is 17.2. The minimum Gasteiger partial charge on any atom is -0.486 e. The molecule has 4 rings (SSSR count). The molecule has 2 heterocycles. The Morgan fingerprint density at radius 2 is 2.04 bits per heavy atom. The number of anilines is 1. The van der Waals surface area contributed by atoms with Gasteiger partial charge in [0.2, 0.25) is 5.13 Å². The van der Waals surface area contributed by atoms with Crippen molar-refractivity contribution in [3.05, 3.63) is 58.7 Å². The molecule has 6 nitrogen and oxygen atoms in total. The zero-order valence-corrected chi connectivity index (χ0v) is 13.9. The monoisotopic (exact) mass is 359 g/mol. The van der Waals surface area contributed by atoms with Crippen LogP contribution in [-0.2, 0) is 6.61 Å². The van der Waals surface area contributed by atoms with Gasteiger partial charge in [-0.05, 0) is 49.2 Å². The summed E-state index contributed by atoms with van der Waals surface area (Å²) in [5, 5.41) is 12.2. The fourth-order valence-electron chi connectivity index (χ4n) is 2.20. The number of carbonyl (C=O) groups excluding carboxylic acids is 1. The highest BCUT2D eigenvalue weighted by atomic mass is 32.1. The van der Waals surface area contributed by atoms with Gasteiger partial charge in [-0.3, -0.25) is 10.1 Å². The third-order valence-electron chi connectivity index (χ3n) is 3.67. The average Bonchev–Trinajstić information content (AvgIpc) is 3.17. The molecule has 8 heteroatoms. The smallest absolute Gasteiger partial charge is 0.293 e. The number of halogens is 1. The summed E-state index contributed by atoms with van der Waals surface area (Å²) in [7, 11) is 0. The van der Waals surface area contributed by atoms with Crippen molar-refractivity contribution in [2.75, 3.05) is 5.32 Å². The SMILES string of the molecule is O=C(Nc1nnc(C2CC2)s1)c1ccc(COc2ccc(F)cc2)o1. The molecule has 2 aromatic heterocycles. The van der Waals surface area contributed by atoms with Crippen LogP contribution in [0.5, 0.6) is 5.75 Å². The Morgan fingerprint density at radius 3 is 2.80 bits per heavy atom. The number of ether oxygens (including phenoxy) is 1. The molecule has 1 amide bonds. The van der Waals surface area contributed by atoms with Crippen LogP contribution < -0.4 is 10.1 Å². The van der Waals surface area contributed by atoms with Crippen LogP contribution in [0.4, 0.5) is 9.52 Å². The van der Waals surface area contributed by atoms with E-state index in [1.165, 1.54) is 35.6 Å². The Bertz CT molecular complexity index is 887. The molecular formula is C17H14FN3O3S. The molecule has 0 spiro atoms. The molecule has 0 saturated heterocycles. The summed E-state index contributed by atoms with van der Waals surface area (Å²) in [6, 6.07) is 8.91. The highest BCUT2D eigenvalue weighted by Crippen LogP contribution is 2.42. The fourth-order valence-corrected chi connectivity index (χ4v) is 3.11. The Labute approximate surface area is 146 Å². The second-order valence-electron chi connectivity index (χ2n) is 5.68. The topological polar surface area (TPSA) is 77.2 Å². The summed E-state index contributed by atoms with van der Waals surface area (Å²) >= 11 is 1.39. The third-order valence-corrected chi connectivity index (χ3v) is 4.67. The lowest BCUT2D eigenvalue weighted by Crippen LogP contribution is -2.10. The lowest BCUT2D eigenvalue weighted by Gasteiger charge is -2.03. The molecular weight excluding hydrogens is 345 g/mol. The van der Waals surface area contributed by atoms with Crippen LogP contribution in [0.2, 0.25) is 0 Å². The number of carbonyl (C=O) groups is 1. The van der Waals surface area contributed by atoms with Crippen LogP contribution in [0.25, 0.3) is 0 Å². The molecule has 1 aliphatic carbocycles. The van der Waals surface area contributed by atoms with E-state index in [1.54, 1.807) is 12.1 Å². The molecule has 0 radical (unpaired) electrons. The average molecular weight is 359 g/mol. The Kier molecular flexibility index (Phi) is 4.19. The summed E-state index contributed by atoms with van der Waals surface area (Å²) < 4.78 is 23.8. The number of nitrogens with zero attached hydrogens (tertiary/aromatic N) is 2. The number of hydrogen-bond acceptors (Lipinski definition) is 6. The minimum atomic E-state index is -0.383. The number of furan rings is 1. The van der Waals surface area contributed by atoms with Gasteiger partial charge >= 0.3 is 0 Å². The summed E-state index contributed by atoms with van der Waals surface area (Å²) in [5.74, 6) is 0.968. The highest BCUT2D eigenvalue weighted by molar-refractivity contribution is 7.15. The second kappa shape index (κ2) is 6.64. The van der Waals surface area contributed by atoms with Gasteiger partial charge in [-0.15, -0.1) is 10.2 Å². The fraction of sp³-hybridized carbons (Fsp3) is 0.235. The first-order valence-electron chi connectivity index (χ1n) is 7.79. The lowest BCUT2D eigenvalue weighted by molar-refractivity contribution is 0.0992. The normalized spacial score (nSPS) is 13.6. The van der Waals surface area contributed by atoms with Crippen molar-refractivity contribution in [3.8, 4) is 5.75 Å². The number of aromatic nitrogens is 2. The largest absolute Gasteiger partial charge is 0.486 e. The van der Waals surface area contributed by atoms with Gasteiger partial charge < -0.3 is 9.15 Å². The predicted molar refractivity (Wildman–Crippen MR) is 89.3 cm³/mol. The van der Waals surface area contributed by atoms with Gasteiger partial charge in [0.15, 0.2) is 5.76 Å². The maximum atomic E-state index is 12.8. The van der Waals surface area contributed by atoms with E-state index in [1.807, 2.05) is 0 Å². The quantitative estimate of drug-likeness (QED) is 0.720. The molecule has 1 fully saturated rings. The number of hydrogen-bond donors (Lipinski definition) is 1. The molecule has 0 bridgehead atoms. The Morgan fingerprint density at radius 1 is 1.24 bits per heavy atom. The van der Waals surface area contributed by atoms with Crippen molar-refractivity contribution >= 4 is 22.4 Å². The summed E-state index contributed by atoms with van der Waals surface area (Å²) in [5.41, 5.74) is 0. The number of nitrogens with one attached hydrogen (secondary N) is 1. The van der Waals surface area contributed by atoms with Gasteiger partial charge in [0.1, 0.15) is 28.9 Å². The van der Waals surface area contributed by atoms with Crippen LogP contribution in [0.15, 0.2) is 40.8 Å². The number of benzene rings is 1. The zero-order valence-electron chi connectivity index (χ0n) is 13.1. The molecule has 0 unspecified atom stereocenters. The minimum absolute atomic E-state index is 0.142. The number of amides is 1. The highest BCUT2D eigenvalue weighted by Gasteiger charge is 2.28. The van der Waals surface area contributed by atoms with Crippen LogP contribution in [0, 0.1) is 5.82 Å². The van der Waals surface area contributed by atoms with Crippen LogP contribution in [0.1, 0.15) is 40.1 Å². The van der Waals surface area contributed by atoms with E-state index in [9.17, 15) is 9.18 Å². The number of rotatable bonds is 6. The molecule has 25 heavy (non-hydrogen) atoms. The first-order chi connectivity index (χ1) is 12.2. The van der Waals surface area contributed by atoms with Crippen molar-refractivity contribution in [3.63, 3.8) is 0 Å². The summed E-state index contributed by atoms with van der Waals surface area (Å²) in [6.45, 7) is 0.142. The van der Waals surface area contributed by atoms with E-state index in [0.717, 1.165) is 17.8 Å². The van der Waals surface area contributed by atoms with Crippen LogP contribution >= 0.6 is 11.3 Å². The van der Waals surface area contributed by atoms with E-state index >= 15 is 0 Å². The predicted octanol–water partition coefficient (Wildman–Crippen LogP) is 3.98. The van der Waals surface area contributed by atoms with Gasteiger partial charge in [-0.1, -0.05) is 11.3 Å². The maximum absolute atomic E-state index is 12.8. The van der Waals surface area contributed by atoms with E-state index in [2.05, 4.69) is 15.5 Å². The molecule has 0 aliphatic heterocycles. The van der Waals surface area contributed by atoms with Gasteiger partial charge in [-0.25, -0.2) is 4.39 Å². The van der Waals surface area contributed by atoms with E-state index in [-0.39, 0.29) is 24.1 Å². The first kappa shape index (κ1) is 15.8. The molecule has 1 saturated carbocycles. The van der Waals surface area contributed by atoms with Crippen LogP contribution in [0.3, 0.4) is 0 Å². The van der Waals surface area contributed by atoms with Crippen molar-refractivity contribution in [1.29, 1.82) is 0 Å². The molecule has 128 valence electrons. The summed E-state index contributed by atoms with van der Waals surface area (Å²) in [4.78, 5) is 12.2. The van der Waals surface area contributed by atoms with E-state index in [0.29, 0.717) is 22.6 Å². The molecule has 3 aromatic rings. The third kappa shape index (κ3) is 3.85. The molecule has 1 aliphatic rings. The van der Waals surface area contributed by atoms with Crippen molar-refractivity contribution in [2.24, 2.45) is 0 Å². The van der Waals surface area contributed by atoms with Gasteiger partial charge in [0.05, 0.1) is 0 Å². The van der Waals surface area contributed by atoms with E-state index < -0.39 is 0 Å². The second-order valence-corrected chi connectivity index (χ2v) is 6.69. The van der Waals surface area contributed by atoms with Gasteiger partial charge in [-0.2, -0.15) is 0 Å². The van der Waals surface area contributed by atoms with Crippen molar-refractivity contribution < 1.29 is 18.3 Å². The van der Waals surface area contributed by atoms with Gasteiger partial charge in [0.25, 0.3) is 5.91 Å². The standard InChI is InChI=1S/C17H14FN3O3S/c18-11-3-5-12(6-4-11)23-9-13-7-8-14(24-13)15(22)19-17-21-20-16(25-17)10-1-2-10/h3-8,10H,1-2,9H2,(H,19,21,22). The lowest BCUT2D eigenvalue weighted by atomic mass is 10.3. The Hall–Kier alpha value is -2.74. The van der Waals surface area contributed by atoms with Crippen LogP contribution in [-0.4, -0.2) is 16.1 Å². The van der Waals surface area contributed by atoms with Gasteiger partial charge in [0, 0.05) is 5.92 Å². The molecule has 0 atom stereocenters. The first-order valence-corrected chi connectivity index (χ1v) is 8.61. The summed E-state index contributed by atoms with van der Waals surface area (Å²) in [6.07, 6.45) is 2.27. The molecule has 1 N–H and O–H groups in total. The van der Waals surface area contributed by atoms with Crippen molar-refractivity contribution in [2.45, 2.75) is 25.4 Å². The molecule has 1 aromatic carbocycles. The maximum Gasteiger partial charge on any atom is 0.293 e. The van der Waals surface area contributed by atoms with E-state index in [4.69, 9.17) is 9.15 Å². The van der Waals surface area contributed by atoms with Crippen molar-refractivity contribution in [1.82, 2.24) is 10.2 Å². The Balaban J connectivity index is 1.34.